The molecule has 7 rings (SSSR count). The van der Waals surface area contributed by atoms with Gasteiger partial charge in [-0.1, -0.05) is 58.6 Å². The molecule has 52 heavy (non-hydrogen) atoms. The molecule has 0 spiro atoms. The first-order valence-corrected chi connectivity index (χ1v) is 19.1. The Balaban J connectivity index is 1.02. The van der Waals surface area contributed by atoms with Crippen molar-refractivity contribution in [3.05, 3.63) is 71.4 Å². The molecule has 5 atom stereocenters. The van der Waals surface area contributed by atoms with E-state index in [2.05, 4.69) is 45.4 Å². The van der Waals surface area contributed by atoms with Crippen molar-refractivity contribution in [2.75, 3.05) is 20.2 Å². The number of aromatic nitrogens is 4. The number of piperidine rings is 1. The summed E-state index contributed by atoms with van der Waals surface area (Å²) in [5, 5.41) is -0.0764. The highest BCUT2D eigenvalue weighted by molar-refractivity contribution is 8.08. The van der Waals surface area contributed by atoms with Gasteiger partial charge >= 0.3 is 6.16 Å². The van der Waals surface area contributed by atoms with E-state index < -0.39 is 12.3 Å². The van der Waals surface area contributed by atoms with Crippen LogP contribution in [0.1, 0.15) is 89.1 Å². The zero-order valence-corrected chi connectivity index (χ0v) is 31.4. The van der Waals surface area contributed by atoms with Gasteiger partial charge in [0.1, 0.15) is 21.8 Å². The van der Waals surface area contributed by atoms with Crippen molar-refractivity contribution in [3.8, 4) is 23.1 Å². The zero-order chi connectivity index (χ0) is 36.7. The molecule has 0 bridgehead atoms. The largest absolute Gasteiger partial charge is 0.508 e. The molecule has 0 aliphatic carbocycles. The van der Waals surface area contributed by atoms with E-state index in [1.165, 1.54) is 7.11 Å². The van der Waals surface area contributed by atoms with Crippen LogP contribution in [-0.2, 0) is 23.8 Å². The number of methoxy groups -OCH3 is 1. The Morgan fingerprint density at radius 2 is 1.65 bits per heavy atom. The number of rotatable bonds is 8. The summed E-state index contributed by atoms with van der Waals surface area (Å²) in [4.78, 5) is 59.0. The number of nitrogens with one attached hydrogen (secondary N) is 2. The third-order valence-corrected chi connectivity index (χ3v) is 12.3. The van der Waals surface area contributed by atoms with Gasteiger partial charge in [0.15, 0.2) is 6.10 Å². The predicted octanol–water partition coefficient (Wildman–Crippen LogP) is 7.01. The third kappa shape index (κ3) is 6.78. The molecule has 3 aliphatic heterocycles. The minimum atomic E-state index is -0.903. The number of carbonyl (C=O) groups is 3. The number of likely N-dealkylation sites (tertiary alicyclic amines) is 2. The normalized spacial score (nSPS) is 22.2. The lowest BCUT2D eigenvalue weighted by molar-refractivity contribution is -0.145. The number of aromatic amines is 2. The second-order valence-corrected chi connectivity index (χ2v) is 16.2. The number of ether oxygens (including phenoxy) is 2. The summed E-state index contributed by atoms with van der Waals surface area (Å²) in [5.74, 6) is 8.37. The maximum atomic E-state index is 13.5. The van der Waals surface area contributed by atoms with E-state index in [1.807, 2.05) is 79.2 Å². The highest BCUT2D eigenvalue weighted by Crippen LogP contribution is 2.66. The highest BCUT2D eigenvalue weighted by Gasteiger charge is 2.65. The van der Waals surface area contributed by atoms with Crippen LogP contribution in [0.4, 0.5) is 4.79 Å². The maximum Gasteiger partial charge on any atom is 0.508 e. The summed E-state index contributed by atoms with van der Waals surface area (Å²) in [5.41, 5.74) is 5.43. The summed E-state index contributed by atoms with van der Waals surface area (Å²) in [7, 11) is 1.24. The van der Waals surface area contributed by atoms with Gasteiger partial charge in [-0.2, -0.15) is 0 Å². The number of nitrogens with zero attached hydrogens (tertiary/aromatic N) is 4. The highest BCUT2D eigenvalue weighted by atomic mass is 32.2. The lowest BCUT2D eigenvalue weighted by Crippen LogP contribution is -2.49. The average Bonchev–Trinajstić information content (AvgIpc) is 3.51. The van der Waals surface area contributed by atoms with Crippen LogP contribution in [0.25, 0.3) is 22.3 Å². The van der Waals surface area contributed by atoms with E-state index in [4.69, 9.17) is 9.72 Å². The van der Waals surface area contributed by atoms with E-state index in [1.54, 1.807) is 11.8 Å². The molecule has 5 unspecified atom stereocenters. The number of H-pyrrole nitrogens is 2. The van der Waals surface area contributed by atoms with Crippen molar-refractivity contribution in [3.63, 3.8) is 0 Å². The Morgan fingerprint density at radius 1 is 0.923 bits per heavy atom. The monoisotopic (exact) mass is 722 g/mol. The fourth-order valence-electron chi connectivity index (χ4n) is 7.28. The smallest absolute Gasteiger partial charge is 0.438 e. The van der Waals surface area contributed by atoms with Crippen LogP contribution in [0.5, 0.6) is 0 Å². The Bertz CT molecular complexity index is 2040. The summed E-state index contributed by atoms with van der Waals surface area (Å²) in [6, 6.07) is 14.0. The molecule has 2 aromatic carbocycles. The number of benzene rings is 2. The van der Waals surface area contributed by atoms with Crippen LogP contribution in [0.2, 0.25) is 0 Å². The molecule has 272 valence electrons. The molecular formula is C40H46N6O5S. The van der Waals surface area contributed by atoms with Gasteiger partial charge in [-0.25, -0.2) is 14.8 Å². The van der Waals surface area contributed by atoms with Gasteiger partial charge in [-0.3, -0.25) is 9.59 Å². The first-order valence-electron chi connectivity index (χ1n) is 18.2. The molecule has 3 aliphatic rings. The van der Waals surface area contributed by atoms with Crippen LogP contribution >= 0.6 is 11.8 Å². The van der Waals surface area contributed by atoms with Crippen LogP contribution in [0.15, 0.2) is 48.7 Å². The molecule has 5 heterocycles. The Labute approximate surface area is 308 Å². The molecule has 11 nitrogen and oxygen atoms in total. The van der Waals surface area contributed by atoms with Gasteiger partial charge in [0.25, 0.3) is 5.91 Å². The molecular weight excluding hydrogens is 677 g/mol. The van der Waals surface area contributed by atoms with E-state index in [-0.39, 0.29) is 39.8 Å². The molecule has 2 amide bonds. The number of thioether (sulfide) groups is 1. The molecule has 2 aromatic heterocycles. The number of imidazole rings is 2. The average molecular weight is 723 g/mol. The quantitative estimate of drug-likeness (QED) is 0.113. The molecule has 3 fully saturated rings. The van der Waals surface area contributed by atoms with Crippen LogP contribution < -0.4 is 0 Å². The predicted molar refractivity (Wildman–Crippen MR) is 200 cm³/mol. The van der Waals surface area contributed by atoms with E-state index >= 15 is 0 Å². The first kappa shape index (κ1) is 35.6. The minimum Gasteiger partial charge on any atom is -0.438 e. The second kappa shape index (κ2) is 14.3. The molecule has 4 aromatic rings. The lowest BCUT2D eigenvalue weighted by Gasteiger charge is -2.32. The standard InChI is InChI=1S/C40H46N6O5S/c1-23(2)25(5)35(47)45-19-7-9-32(45)34-41-22-31(42-34)28-15-12-26(13-16-28)10-11-27-14-17-29-30(21-27)44-37(43-29)40-18-8-20-46(38(40)52-40)36(48)33(24(3)4)51-39(49)50-6/h12-17,21-25,32-33,38H,7-9,18-20H2,1-6H3,(H,41,42)(H,43,44). The Hall–Kier alpha value is -4.76. The summed E-state index contributed by atoms with van der Waals surface area (Å²) < 4.78 is 9.70. The summed E-state index contributed by atoms with van der Waals surface area (Å²) in [6.45, 7) is 11.3. The van der Waals surface area contributed by atoms with E-state index in [9.17, 15) is 14.4 Å². The number of hydrogen-bond acceptors (Lipinski definition) is 8. The number of amides is 2. The van der Waals surface area contributed by atoms with E-state index in [0.29, 0.717) is 12.5 Å². The third-order valence-electron chi connectivity index (χ3n) is 10.7. The fourth-order valence-corrected chi connectivity index (χ4v) is 8.77. The van der Waals surface area contributed by atoms with Crippen molar-refractivity contribution >= 4 is 40.8 Å². The zero-order valence-electron chi connectivity index (χ0n) is 30.6. The van der Waals surface area contributed by atoms with Crippen LogP contribution in [-0.4, -0.2) is 79.4 Å². The molecule has 12 heteroatoms. The minimum absolute atomic E-state index is 0.0144. The molecule has 0 radical (unpaired) electrons. The second-order valence-electron chi connectivity index (χ2n) is 14.8. The number of carbonyl (C=O) groups excluding carboxylic acids is 3. The van der Waals surface area contributed by atoms with Crippen molar-refractivity contribution in [2.45, 2.75) is 82.6 Å². The molecule has 2 N–H and O–H groups in total. The summed E-state index contributed by atoms with van der Waals surface area (Å²) >= 11 is 1.72. The topological polar surface area (TPSA) is 134 Å². The van der Waals surface area contributed by atoms with Gasteiger partial charge in [-0.15, -0.1) is 11.8 Å². The Morgan fingerprint density at radius 3 is 2.38 bits per heavy atom. The van der Waals surface area contributed by atoms with Crippen LogP contribution in [0, 0.1) is 29.6 Å². The van der Waals surface area contributed by atoms with Gasteiger partial charge in [0.05, 0.1) is 36.1 Å². The van der Waals surface area contributed by atoms with Gasteiger partial charge in [0.2, 0.25) is 5.91 Å². The van der Waals surface area contributed by atoms with Crippen LogP contribution in [0.3, 0.4) is 0 Å². The van der Waals surface area contributed by atoms with Crippen molar-refractivity contribution in [2.24, 2.45) is 17.8 Å². The van der Waals surface area contributed by atoms with E-state index in [0.717, 1.165) is 77.3 Å². The number of hydrogen-bond donors (Lipinski definition) is 2. The van der Waals surface area contributed by atoms with Gasteiger partial charge in [0, 0.05) is 30.1 Å². The van der Waals surface area contributed by atoms with Gasteiger partial charge < -0.3 is 29.2 Å². The molecule has 3 saturated heterocycles. The van der Waals surface area contributed by atoms with Crippen molar-refractivity contribution in [1.29, 1.82) is 0 Å². The first-order chi connectivity index (χ1) is 25.0. The lowest BCUT2D eigenvalue weighted by atomic mass is 9.95. The maximum absolute atomic E-state index is 13.5. The van der Waals surface area contributed by atoms with Crippen molar-refractivity contribution < 1.29 is 23.9 Å². The van der Waals surface area contributed by atoms with Crippen molar-refractivity contribution in [1.82, 2.24) is 29.7 Å². The molecule has 0 saturated carbocycles. The SMILES string of the molecule is COC(=O)OC(C(=O)N1CCCC2(c3nc4ccc(C#Cc5ccc(-c6cnc(C7CCCN7C(=O)C(C)C(C)C)[nH]6)cc5)cc4[nH]3)SC12)C(C)C. The number of fused-ring (bicyclic) bond motifs is 2. The Kier molecular flexibility index (Phi) is 9.83. The van der Waals surface area contributed by atoms with Gasteiger partial charge in [-0.05, 0) is 73.4 Å². The summed E-state index contributed by atoms with van der Waals surface area (Å²) in [6.07, 6.45) is 3.71. The fraction of sp³-hybridized carbons (Fsp3) is 0.475.